The summed E-state index contributed by atoms with van der Waals surface area (Å²) in [5.74, 6) is 1.17. The lowest BCUT2D eigenvalue weighted by molar-refractivity contribution is 0.0950. The lowest BCUT2D eigenvalue weighted by atomic mass is 10.1. The molecule has 8 heteroatoms. The Morgan fingerprint density at radius 1 is 1.13 bits per heavy atom. The summed E-state index contributed by atoms with van der Waals surface area (Å²) in [5, 5.41) is 6.69. The van der Waals surface area contributed by atoms with Gasteiger partial charge in [0.25, 0.3) is 5.91 Å². The molecule has 0 aliphatic rings. The molecule has 31 heavy (non-hydrogen) atoms. The third-order valence-electron chi connectivity index (χ3n) is 4.82. The maximum Gasteiger partial charge on any atom is 0.257 e. The number of hydrogen-bond donors (Lipinski definition) is 1. The Balaban J connectivity index is 1.52. The molecule has 0 bridgehead atoms. The summed E-state index contributed by atoms with van der Waals surface area (Å²) in [6.07, 6.45) is 0. The number of halogens is 1. The van der Waals surface area contributed by atoms with Crippen LogP contribution in [-0.2, 0) is 6.54 Å². The molecule has 0 saturated carbocycles. The van der Waals surface area contributed by atoms with Crippen molar-refractivity contribution in [2.24, 2.45) is 0 Å². The van der Waals surface area contributed by atoms with Gasteiger partial charge in [-0.25, -0.2) is 9.37 Å². The van der Waals surface area contributed by atoms with Gasteiger partial charge in [0, 0.05) is 11.1 Å². The number of nitrogens with zero attached hydrogens (tertiary/aromatic N) is 2. The first-order valence-corrected chi connectivity index (χ1v) is 9.57. The highest BCUT2D eigenvalue weighted by Crippen LogP contribution is 2.27. The number of amides is 1. The molecule has 0 radical (unpaired) electrons. The Hall–Kier alpha value is -3.94. The molecule has 0 aliphatic carbocycles. The van der Waals surface area contributed by atoms with Crippen LogP contribution in [0.1, 0.15) is 27.5 Å². The second-order valence-corrected chi connectivity index (χ2v) is 6.92. The Bertz CT molecular complexity index is 1230. The van der Waals surface area contributed by atoms with E-state index in [1.165, 1.54) is 12.1 Å². The van der Waals surface area contributed by atoms with Crippen molar-refractivity contribution in [2.45, 2.75) is 20.4 Å². The van der Waals surface area contributed by atoms with E-state index >= 15 is 0 Å². The third kappa shape index (κ3) is 4.18. The lowest BCUT2D eigenvalue weighted by Crippen LogP contribution is -2.24. The molecule has 0 atom stereocenters. The standard InChI is InChI=1S/C23H20FN3O4/c1-13-20(21(31-27-13)16-5-4-6-17(24)11-16)22(28)25-12-19-14(2)30-23(26-19)15-7-9-18(29-3)10-8-15/h4-11H,12H2,1-3H3,(H,25,28). The number of aromatic nitrogens is 2. The van der Waals surface area contributed by atoms with Gasteiger partial charge in [0.2, 0.25) is 5.89 Å². The van der Waals surface area contributed by atoms with Crippen LogP contribution in [-0.4, -0.2) is 23.2 Å². The number of carbonyl (C=O) groups is 1. The Kier molecular flexibility index (Phi) is 5.53. The maximum absolute atomic E-state index is 13.6. The molecule has 2 aromatic heterocycles. The van der Waals surface area contributed by atoms with Gasteiger partial charge in [-0.15, -0.1) is 0 Å². The first-order chi connectivity index (χ1) is 15.0. The molecular formula is C23H20FN3O4. The van der Waals surface area contributed by atoms with Gasteiger partial charge < -0.3 is 19.0 Å². The Labute approximate surface area is 177 Å². The minimum absolute atomic E-state index is 0.150. The van der Waals surface area contributed by atoms with E-state index in [-0.39, 0.29) is 17.9 Å². The predicted octanol–water partition coefficient (Wildman–Crippen LogP) is 4.69. The van der Waals surface area contributed by atoms with Gasteiger partial charge in [-0.3, -0.25) is 4.79 Å². The second-order valence-electron chi connectivity index (χ2n) is 6.92. The van der Waals surface area contributed by atoms with Crippen molar-refractivity contribution in [3.8, 4) is 28.5 Å². The Morgan fingerprint density at radius 3 is 2.61 bits per heavy atom. The summed E-state index contributed by atoms with van der Waals surface area (Å²) in [5.41, 5.74) is 2.49. The van der Waals surface area contributed by atoms with E-state index in [1.54, 1.807) is 33.1 Å². The van der Waals surface area contributed by atoms with Crippen LogP contribution in [0, 0.1) is 19.7 Å². The summed E-state index contributed by atoms with van der Waals surface area (Å²) in [4.78, 5) is 17.4. The maximum atomic E-state index is 13.6. The quantitative estimate of drug-likeness (QED) is 0.486. The summed E-state index contributed by atoms with van der Waals surface area (Å²) in [7, 11) is 1.60. The number of ether oxygens (including phenoxy) is 1. The van der Waals surface area contributed by atoms with Crippen LogP contribution in [0.3, 0.4) is 0 Å². The molecule has 0 aliphatic heterocycles. The van der Waals surface area contributed by atoms with Gasteiger partial charge in [-0.1, -0.05) is 17.3 Å². The van der Waals surface area contributed by atoms with Crippen molar-refractivity contribution in [1.82, 2.24) is 15.5 Å². The van der Waals surface area contributed by atoms with Crippen molar-refractivity contribution < 1.29 is 22.9 Å². The Morgan fingerprint density at radius 2 is 1.90 bits per heavy atom. The van der Waals surface area contributed by atoms with Crippen LogP contribution in [0.5, 0.6) is 5.75 Å². The monoisotopic (exact) mass is 421 g/mol. The number of carbonyl (C=O) groups excluding carboxylic acids is 1. The molecule has 0 unspecified atom stereocenters. The first kappa shape index (κ1) is 20.3. The highest BCUT2D eigenvalue weighted by Gasteiger charge is 2.23. The van der Waals surface area contributed by atoms with Crippen molar-refractivity contribution in [1.29, 1.82) is 0 Å². The normalized spacial score (nSPS) is 10.8. The van der Waals surface area contributed by atoms with E-state index in [2.05, 4.69) is 15.5 Å². The van der Waals surface area contributed by atoms with Crippen molar-refractivity contribution >= 4 is 5.91 Å². The minimum atomic E-state index is -0.429. The van der Waals surface area contributed by atoms with Crippen molar-refractivity contribution in [3.05, 3.63) is 77.1 Å². The number of nitrogens with one attached hydrogen (secondary N) is 1. The highest BCUT2D eigenvalue weighted by molar-refractivity contribution is 6.00. The molecule has 2 aromatic carbocycles. The van der Waals surface area contributed by atoms with Gasteiger partial charge >= 0.3 is 0 Å². The molecule has 4 rings (SSSR count). The molecule has 0 saturated heterocycles. The molecule has 1 N–H and O–H groups in total. The summed E-state index contributed by atoms with van der Waals surface area (Å²) >= 11 is 0. The fraction of sp³-hybridized carbons (Fsp3) is 0.174. The van der Waals surface area contributed by atoms with Gasteiger partial charge in [0.1, 0.15) is 28.6 Å². The molecule has 0 fully saturated rings. The van der Waals surface area contributed by atoms with E-state index in [1.807, 2.05) is 24.3 Å². The SMILES string of the molecule is COc1ccc(-c2nc(CNC(=O)c3c(C)noc3-c3cccc(F)c3)c(C)o2)cc1. The number of oxazole rings is 1. The zero-order valence-corrected chi connectivity index (χ0v) is 17.2. The number of aryl methyl sites for hydroxylation is 2. The summed E-state index contributed by atoms with van der Waals surface area (Å²) in [6.45, 7) is 3.59. The van der Waals surface area contributed by atoms with E-state index < -0.39 is 11.7 Å². The zero-order chi connectivity index (χ0) is 22.0. The summed E-state index contributed by atoms with van der Waals surface area (Å²) in [6, 6.07) is 13.1. The summed E-state index contributed by atoms with van der Waals surface area (Å²) < 4.78 is 29.8. The van der Waals surface area contributed by atoms with Crippen molar-refractivity contribution in [2.75, 3.05) is 7.11 Å². The lowest BCUT2D eigenvalue weighted by Gasteiger charge is -2.05. The average molecular weight is 421 g/mol. The van der Waals surface area contributed by atoms with E-state index in [4.69, 9.17) is 13.7 Å². The smallest absolute Gasteiger partial charge is 0.257 e. The number of benzene rings is 2. The van der Waals surface area contributed by atoms with Gasteiger partial charge in [0.15, 0.2) is 5.76 Å². The van der Waals surface area contributed by atoms with Gasteiger partial charge in [0.05, 0.1) is 19.3 Å². The van der Waals surface area contributed by atoms with Crippen LogP contribution < -0.4 is 10.1 Å². The van der Waals surface area contributed by atoms with Crippen LogP contribution >= 0.6 is 0 Å². The molecule has 2 heterocycles. The number of hydrogen-bond acceptors (Lipinski definition) is 6. The fourth-order valence-corrected chi connectivity index (χ4v) is 3.17. The highest BCUT2D eigenvalue weighted by atomic mass is 19.1. The average Bonchev–Trinajstić information content (AvgIpc) is 3.34. The molecule has 4 aromatic rings. The van der Waals surface area contributed by atoms with Gasteiger partial charge in [-0.05, 0) is 50.2 Å². The van der Waals surface area contributed by atoms with Crippen LogP contribution in [0.4, 0.5) is 4.39 Å². The number of rotatable bonds is 6. The molecule has 7 nitrogen and oxygen atoms in total. The zero-order valence-electron chi connectivity index (χ0n) is 17.2. The largest absolute Gasteiger partial charge is 0.497 e. The first-order valence-electron chi connectivity index (χ1n) is 9.57. The second kappa shape index (κ2) is 8.43. The van der Waals surface area contributed by atoms with Crippen LogP contribution in [0.15, 0.2) is 57.5 Å². The molecule has 158 valence electrons. The third-order valence-corrected chi connectivity index (χ3v) is 4.82. The predicted molar refractivity (Wildman–Crippen MR) is 111 cm³/mol. The van der Waals surface area contributed by atoms with Crippen molar-refractivity contribution in [3.63, 3.8) is 0 Å². The fourth-order valence-electron chi connectivity index (χ4n) is 3.17. The van der Waals surface area contributed by atoms with Crippen LogP contribution in [0.2, 0.25) is 0 Å². The molecular weight excluding hydrogens is 401 g/mol. The number of methoxy groups -OCH3 is 1. The topological polar surface area (TPSA) is 90.4 Å². The van der Waals surface area contributed by atoms with Gasteiger partial charge in [-0.2, -0.15) is 0 Å². The van der Waals surface area contributed by atoms with Crippen LogP contribution in [0.25, 0.3) is 22.8 Å². The van der Waals surface area contributed by atoms with E-state index in [0.29, 0.717) is 28.6 Å². The van der Waals surface area contributed by atoms with E-state index in [9.17, 15) is 9.18 Å². The molecule has 0 spiro atoms. The minimum Gasteiger partial charge on any atom is -0.497 e. The molecule has 1 amide bonds. The van der Waals surface area contributed by atoms with E-state index in [0.717, 1.165) is 11.3 Å².